The van der Waals surface area contributed by atoms with Crippen molar-refractivity contribution < 1.29 is 14.3 Å². The van der Waals surface area contributed by atoms with Gasteiger partial charge < -0.3 is 9.64 Å². The van der Waals surface area contributed by atoms with E-state index < -0.39 is 5.97 Å². The molecule has 1 amide bonds. The number of esters is 1. The van der Waals surface area contributed by atoms with Crippen LogP contribution in [0.5, 0.6) is 0 Å². The number of carbonyl (C=O) groups is 2. The Kier molecular flexibility index (Phi) is 5.73. The van der Waals surface area contributed by atoms with Gasteiger partial charge in [0, 0.05) is 29.5 Å². The Morgan fingerprint density at radius 1 is 1.43 bits per heavy atom. The number of piperidine rings is 1. The van der Waals surface area contributed by atoms with Crippen molar-refractivity contribution >= 4 is 27.8 Å². The normalized spacial score (nSPS) is 18.4. The van der Waals surface area contributed by atoms with Gasteiger partial charge in [0.25, 0.3) is 5.91 Å². The molecule has 5 nitrogen and oxygen atoms in total. The molecule has 0 aromatic carbocycles. The third-order valence-electron chi connectivity index (χ3n) is 3.69. The maximum absolute atomic E-state index is 12.2. The predicted molar refractivity (Wildman–Crippen MR) is 81.9 cm³/mol. The van der Waals surface area contributed by atoms with Gasteiger partial charge >= 0.3 is 5.97 Å². The molecule has 1 atom stereocenters. The fourth-order valence-corrected chi connectivity index (χ4v) is 2.94. The number of hydrogen-bond donors (Lipinski definition) is 0. The van der Waals surface area contributed by atoms with Gasteiger partial charge in [0.05, 0.1) is 5.56 Å². The third kappa shape index (κ3) is 4.27. The molecule has 1 saturated heterocycles. The highest BCUT2D eigenvalue weighted by Crippen LogP contribution is 2.19. The highest BCUT2D eigenvalue weighted by atomic mass is 79.9. The van der Waals surface area contributed by atoms with Crippen LogP contribution in [-0.4, -0.2) is 41.0 Å². The lowest BCUT2D eigenvalue weighted by atomic mass is 10.00. The molecule has 1 fully saturated rings. The quantitative estimate of drug-likeness (QED) is 0.780. The van der Waals surface area contributed by atoms with E-state index in [0.717, 1.165) is 32.2 Å². The van der Waals surface area contributed by atoms with Crippen LogP contribution in [0.2, 0.25) is 0 Å². The second kappa shape index (κ2) is 7.54. The van der Waals surface area contributed by atoms with Gasteiger partial charge in [0.1, 0.15) is 0 Å². The van der Waals surface area contributed by atoms with Gasteiger partial charge in [-0.2, -0.15) is 0 Å². The average molecular weight is 355 g/mol. The molecular weight excluding hydrogens is 336 g/mol. The molecule has 0 N–H and O–H groups in total. The number of nitrogens with zero attached hydrogens (tertiary/aromatic N) is 2. The van der Waals surface area contributed by atoms with E-state index in [-0.39, 0.29) is 18.6 Å². The summed E-state index contributed by atoms with van der Waals surface area (Å²) in [5.74, 6) is -0.639. The molecule has 114 valence electrons. The van der Waals surface area contributed by atoms with E-state index in [1.165, 1.54) is 6.20 Å². The number of carbonyl (C=O) groups excluding carboxylic acids is 2. The minimum absolute atomic E-state index is 0.113. The summed E-state index contributed by atoms with van der Waals surface area (Å²) in [7, 11) is 0. The zero-order valence-corrected chi connectivity index (χ0v) is 13.6. The summed E-state index contributed by atoms with van der Waals surface area (Å²) >= 11 is 3.24. The Bertz CT molecular complexity index is 521. The molecule has 1 aliphatic heterocycles. The van der Waals surface area contributed by atoms with Gasteiger partial charge in [0.2, 0.25) is 0 Å². The summed E-state index contributed by atoms with van der Waals surface area (Å²) in [6.07, 6.45) is 7.16. The van der Waals surface area contributed by atoms with E-state index >= 15 is 0 Å². The van der Waals surface area contributed by atoms with Crippen molar-refractivity contribution in [3.63, 3.8) is 0 Å². The Morgan fingerprint density at radius 2 is 2.24 bits per heavy atom. The fraction of sp³-hybridized carbons (Fsp3) is 0.533. The molecule has 0 bridgehead atoms. The Labute approximate surface area is 132 Å². The first-order valence-corrected chi connectivity index (χ1v) is 7.98. The molecule has 0 aliphatic carbocycles. The minimum atomic E-state index is -0.526. The van der Waals surface area contributed by atoms with E-state index in [4.69, 9.17) is 4.74 Å². The molecule has 0 unspecified atom stereocenters. The summed E-state index contributed by atoms with van der Waals surface area (Å²) in [6, 6.07) is 1.90. The van der Waals surface area contributed by atoms with Crippen molar-refractivity contribution in [3.8, 4) is 0 Å². The first-order chi connectivity index (χ1) is 10.1. The standard InChI is InChI=1S/C15H19BrN2O3/c1-2-13-5-3-4-6-18(13)14(19)10-21-15(20)11-7-12(16)9-17-8-11/h7-9,13H,2-6,10H2,1H3/t13-/m0/s1. The highest BCUT2D eigenvalue weighted by Gasteiger charge is 2.26. The second-order valence-corrected chi connectivity index (χ2v) is 6.03. The largest absolute Gasteiger partial charge is 0.452 e. The predicted octanol–water partition coefficient (Wildman–Crippen LogP) is 2.79. The smallest absolute Gasteiger partial charge is 0.340 e. The van der Waals surface area contributed by atoms with Crippen molar-refractivity contribution in [2.24, 2.45) is 0 Å². The Morgan fingerprint density at radius 3 is 2.95 bits per heavy atom. The molecule has 1 aromatic heterocycles. The van der Waals surface area contributed by atoms with Crippen LogP contribution in [0.3, 0.4) is 0 Å². The second-order valence-electron chi connectivity index (χ2n) is 5.11. The SMILES string of the molecule is CC[C@H]1CCCCN1C(=O)COC(=O)c1cncc(Br)c1. The zero-order chi connectivity index (χ0) is 15.2. The van der Waals surface area contributed by atoms with Crippen molar-refractivity contribution in [3.05, 3.63) is 28.5 Å². The van der Waals surface area contributed by atoms with Crippen LogP contribution in [0.1, 0.15) is 43.0 Å². The maximum atomic E-state index is 12.2. The molecule has 0 spiro atoms. The summed E-state index contributed by atoms with van der Waals surface area (Å²) in [4.78, 5) is 29.8. The van der Waals surface area contributed by atoms with Crippen molar-refractivity contribution in [1.82, 2.24) is 9.88 Å². The van der Waals surface area contributed by atoms with E-state index in [2.05, 4.69) is 27.8 Å². The van der Waals surface area contributed by atoms with Crippen molar-refractivity contribution in [2.45, 2.75) is 38.6 Å². The van der Waals surface area contributed by atoms with Gasteiger partial charge in [-0.1, -0.05) is 6.92 Å². The van der Waals surface area contributed by atoms with Gasteiger partial charge in [-0.05, 0) is 47.7 Å². The average Bonchev–Trinajstić information content (AvgIpc) is 2.52. The zero-order valence-electron chi connectivity index (χ0n) is 12.0. The van der Waals surface area contributed by atoms with E-state index in [1.54, 1.807) is 12.3 Å². The Hall–Kier alpha value is -1.43. The topological polar surface area (TPSA) is 59.5 Å². The lowest BCUT2D eigenvalue weighted by molar-refractivity contribution is -0.138. The molecule has 21 heavy (non-hydrogen) atoms. The Balaban J connectivity index is 1.90. The van der Waals surface area contributed by atoms with Crippen LogP contribution in [0.15, 0.2) is 22.9 Å². The van der Waals surface area contributed by atoms with Gasteiger partial charge in [0.15, 0.2) is 6.61 Å². The number of pyridine rings is 1. The monoisotopic (exact) mass is 354 g/mol. The van der Waals surface area contributed by atoms with Crippen LogP contribution in [-0.2, 0) is 9.53 Å². The molecular formula is C15H19BrN2O3. The van der Waals surface area contributed by atoms with Crippen LogP contribution < -0.4 is 0 Å². The number of aromatic nitrogens is 1. The number of halogens is 1. The minimum Gasteiger partial charge on any atom is -0.452 e. The maximum Gasteiger partial charge on any atom is 0.340 e. The summed E-state index contributed by atoms with van der Waals surface area (Å²) in [5, 5.41) is 0. The van der Waals surface area contributed by atoms with E-state index in [9.17, 15) is 9.59 Å². The summed E-state index contributed by atoms with van der Waals surface area (Å²) in [6.45, 7) is 2.63. The van der Waals surface area contributed by atoms with E-state index in [0.29, 0.717) is 10.0 Å². The number of amides is 1. The van der Waals surface area contributed by atoms with Crippen molar-refractivity contribution in [1.29, 1.82) is 0 Å². The summed E-state index contributed by atoms with van der Waals surface area (Å²) < 4.78 is 5.80. The van der Waals surface area contributed by atoms with Crippen LogP contribution >= 0.6 is 15.9 Å². The van der Waals surface area contributed by atoms with Gasteiger partial charge in [-0.25, -0.2) is 4.79 Å². The fourth-order valence-electron chi connectivity index (χ4n) is 2.57. The number of hydrogen-bond acceptors (Lipinski definition) is 4. The lowest BCUT2D eigenvalue weighted by Gasteiger charge is -2.35. The van der Waals surface area contributed by atoms with Crippen LogP contribution in [0, 0.1) is 0 Å². The summed E-state index contributed by atoms with van der Waals surface area (Å²) in [5.41, 5.74) is 0.336. The van der Waals surface area contributed by atoms with E-state index in [1.807, 2.05) is 4.90 Å². The molecule has 6 heteroatoms. The third-order valence-corrected chi connectivity index (χ3v) is 4.12. The lowest BCUT2D eigenvalue weighted by Crippen LogP contribution is -2.45. The molecule has 2 heterocycles. The molecule has 2 rings (SSSR count). The number of rotatable bonds is 4. The number of ether oxygens (including phenoxy) is 1. The molecule has 0 saturated carbocycles. The van der Waals surface area contributed by atoms with Crippen LogP contribution in [0.4, 0.5) is 0 Å². The van der Waals surface area contributed by atoms with Crippen LogP contribution in [0.25, 0.3) is 0 Å². The molecule has 0 radical (unpaired) electrons. The van der Waals surface area contributed by atoms with Gasteiger partial charge in [-0.15, -0.1) is 0 Å². The number of likely N-dealkylation sites (tertiary alicyclic amines) is 1. The van der Waals surface area contributed by atoms with Gasteiger partial charge in [-0.3, -0.25) is 9.78 Å². The van der Waals surface area contributed by atoms with Crippen molar-refractivity contribution in [2.75, 3.05) is 13.2 Å². The highest BCUT2D eigenvalue weighted by molar-refractivity contribution is 9.10. The first kappa shape index (κ1) is 15.9. The molecule has 1 aromatic rings. The molecule has 1 aliphatic rings. The first-order valence-electron chi connectivity index (χ1n) is 7.19.